The summed E-state index contributed by atoms with van der Waals surface area (Å²) in [5, 5.41) is 0. The molecule has 1 aliphatic rings. The van der Waals surface area contributed by atoms with Crippen LogP contribution in [0.1, 0.15) is 41.6 Å². The minimum absolute atomic E-state index is 0.130. The van der Waals surface area contributed by atoms with Crippen LogP contribution in [0.4, 0.5) is 13.2 Å². The number of rotatable bonds is 4. The smallest absolute Gasteiger partial charge is 0.294 e. The van der Waals surface area contributed by atoms with Gasteiger partial charge >= 0.3 is 6.18 Å². The van der Waals surface area contributed by atoms with Gasteiger partial charge in [0.2, 0.25) is 0 Å². The van der Waals surface area contributed by atoms with Crippen LogP contribution in [-0.2, 0) is 6.18 Å². The van der Waals surface area contributed by atoms with Crippen molar-refractivity contribution in [2.75, 3.05) is 0 Å². The van der Waals surface area contributed by atoms with Crippen LogP contribution in [0.15, 0.2) is 22.7 Å². The van der Waals surface area contributed by atoms with Crippen molar-refractivity contribution in [1.82, 2.24) is 0 Å². The molecule has 0 bridgehead atoms. The summed E-state index contributed by atoms with van der Waals surface area (Å²) in [7, 11) is 0. The lowest BCUT2D eigenvalue weighted by atomic mass is 10.0. The Balaban J connectivity index is 2.16. The largest absolute Gasteiger partial charge is 0.416 e. The third-order valence-corrected chi connectivity index (χ3v) is 3.76. The third-order valence-electron chi connectivity index (χ3n) is 3.07. The van der Waals surface area contributed by atoms with Crippen LogP contribution in [0.25, 0.3) is 0 Å². The summed E-state index contributed by atoms with van der Waals surface area (Å²) >= 11 is 3.13. The molecule has 0 spiro atoms. The van der Waals surface area contributed by atoms with E-state index < -0.39 is 11.7 Å². The van der Waals surface area contributed by atoms with Gasteiger partial charge in [0.1, 0.15) is 0 Å². The Morgan fingerprint density at radius 3 is 2.56 bits per heavy atom. The van der Waals surface area contributed by atoms with Crippen LogP contribution < -0.4 is 0 Å². The number of alkyl halides is 3. The molecule has 0 heterocycles. The maximum Gasteiger partial charge on any atom is 0.416 e. The molecule has 1 aromatic rings. The average Bonchev–Trinajstić information content (AvgIpc) is 3.08. The van der Waals surface area contributed by atoms with E-state index in [1.54, 1.807) is 0 Å². The molecule has 1 nitrogen and oxygen atoms in total. The van der Waals surface area contributed by atoms with Crippen LogP contribution in [-0.4, -0.2) is 5.78 Å². The van der Waals surface area contributed by atoms with Crippen molar-refractivity contribution in [3.8, 4) is 0 Å². The monoisotopic (exact) mass is 320 g/mol. The van der Waals surface area contributed by atoms with E-state index in [9.17, 15) is 18.0 Å². The molecular weight excluding hydrogens is 309 g/mol. The van der Waals surface area contributed by atoms with Crippen LogP contribution >= 0.6 is 15.9 Å². The van der Waals surface area contributed by atoms with Gasteiger partial charge in [0.25, 0.3) is 0 Å². The van der Waals surface area contributed by atoms with Gasteiger partial charge in [0, 0.05) is 16.5 Å². The number of carbonyl (C=O) groups is 1. The molecule has 1 fully saturated rings. The Kier molecular flexibility index (Phi) is 3.80. The number of hydrogen-bond donors (Lipinski definition) is 0. The number of halogens is 4. The summed E-state index contributed by atoms with van der Waals surface area (Å²) in [6.07, 6.45) is -1.04. The molecule has 1 saturated carbocycles. The number of Topliss-reactive ketones (excluding diaryl/α,β-unsaturated/α-hetero) is 1. The Labute approximate surface area is 112 Å². The lowest BCUT2D eigenvalue weighted by Crippen LogP contribution is -2.08. The van der Waals surface area contributed by atoms with E-state index in [0.29, 0.717) is 16.8 Å². The summed E-state index contributed by atoms with van der Waals surface area (Å²) in [6, 6.07) is 3.19. The SMILES string of the molecule is O=C(CCC1CC1)c1cc(C(F)(F)F)ccc1Br. The van der Waals surface area contributed by atoms with Crippen LogP contribution in [0.2, 0.25) is 0 Å². The fourth-order valence-corrected chi connectivity index (χ4v) is 2.26. The zero-order valence-electron chi connectivity index (χ0n) is 9.56. The number of hydrogen-bond acceptors (Lipinski definition) is 1. The van der Waals surface area contributed by atoms with E-state index in [2.05, 4.69) is 15.9 Å². The molecule has 0 amide bonds. The second-order valence-electron chi connectivity index (χ2n) is 4.60. The number of ketones is 1. The zero-order valence-corrected chi connectivity index (χ0v) is 11.1. The maximum absolute atomic E-state index is 12.6. The van der Waals surface area contributed by atoms with E-state index in [4.69, 9.17) is 0 Å². The van der Waals surface area contributed by atoms with Crippen molar-refractivity contribution < 1.29 is 18.0 Å². The van der Waals surface area contributed by atoms with Gasteiger partial charge in [-0.1, -0.05) is 28.8 Å². The Morgan fingerprint density at radius 1 is 1.33 bits per heavy atom. The second-order valence-corrected chi connectivity index (χ2v) is 5.45. The van der Waals surface area contributed by atoms with Crippen molar-refractivity contribution >= 4 is 21.7 Å². The van der Waals surface area contributed by atoms with E-state index in [0.717, 1.165) is 31.4 Å². The first-order valence-corrected chi connectivity index (χ1v) is 6.57. The molecule has 5 heteroatoms. The highest BCUT2D eigenvalue weighted by molar-refractivity contribution is 9.10. The van der Waals surface area contributed by atoms with Gasteiger partial charge in [0.15, 0.2) is 5.78 Å². The van der Waals surface area contributed by atoms with Crippen molar-refractivity contribution in [3.05, 3.63) is 33.8 Å². The summed E-state index contributed by atoms with van der Waals surface area (Å²) in [5.74, 6) is 0.374. The van der Waals surface area contributed by atoms with Crippen LogP contribution in [0.5, 0.6) is 0 Å². The van der Waals surface area contributed by atoms with E-state index in [1.807, 2.05) is 0 Å². The Bertz CT molecular complexity index is 464. The Hall–Kier alpha value is -0.840. The minimum atomic E-state index is -4.41. The molecule has 98 valence electrons. The highest BCUT2D eigenvalue weighted by Gasteiger charge is 2.31. The topological polar surface area (TPSA) is 17.1 Å². The first kappa shape index (κ1) is 13.6. The predicted octanol–water partition coefficient (Wildman–Crippen LogP) is 4.84. The van der Waals surface area contributed by atoms with Crippen molar-refractivity contribution in [2.24, 2.45) is 5.92 Å². The molecular formula is C13H12BrF3O. The Morgan fingerprint density at radius 2 is 2.00 bits per heavy atom. The maximum atomic E-state index is 12.6. The average molecular weight is 321 g/mol. The fraction of sp³-hybridized carbons (Fsp3) is 0.462. The van der Waals surface area contributed by atoms with E-state index >= 15 is 0 Å². The van der Waals surface area contributed by atoms with E-state index in [1.165, 1.54) is 6.07 Å². The lowest BCUT2D eigenvalue weighted by molar-refractivity contribution is -0.137. The third kappa shape index (κ3) is 3.34. The summed E-state index contributed by atoms with van der Waals surface area (Å²) in [5.41, 5.74) is -0.647. The molecule has 0 radical (unpaired) electrons. The van der Waals surface area contributed by atoms with Gasteiger partial charge in [-0.15, -0.1) is 0 Å². The first-order valence-electron chi connectivity index (χ1n) is 5.78. The molecule has 2 rings (SSSR count). The quantitative estimate of drug-likeness (QED) is 0.725. The summed E-state index contributed by atoms with van der Waals surface area (Å²) in [4.78, 5) is 11.9. The summed E-state index contributed by atoms with van der Waals surface area (Å²) < 4.78 is 38.1. The highest BCUT2D eigenvalue weighted by atomic mass is 79.9. The molecule has 0 atom stereocenters. The predicted molar refractivity (Wildman–Crippen MR) is 65.4 cm³/mol. The number of carbonyl (C=O) groups excluding carboxylic acids is 1. The van der Waals surface area contributed by atoms with Crippen molar-refractivity contribution in [2.45, 2.75) is 31.9 Å². The molecule has 0 unspecified atom stereocenters. The van der Waals surface area contributed by atoms with Crippen molar-refractivity contribution in [3.63, 3.8) is 0 Å². The van der Waals surface area contributed by atoms with Gasteiger partial charge in [-0.05, 0) is 30.5 Å². The van der Waals surface area contributed by atoms with Gasteiger partial charge in [-0.2, -0.15) is 13.2 Å². The van der Waals surface area contributed by atoms with Gasteiger partial charge in [-0.25, -0.2) is 0 Å². The molecule has 0 aliphatic heterocycles. The van der Waals surface area contributed by atoms with Gasteiger partial charge in [0.05, 0.1) is 5.56 Å². The van der Waals surface area contributed by atoms with Gasteiger partial charge in [-0.3, -0.25) is 4.79 Å². The molecule has 18 heavy (non-hydrogen) atoms. The molecule has 0 N–H and O–H groups in total. The molecule has 0 aromatic heterocycles. The second kappa shape index (κ2) is 5.03. The first-order chi connectivity index (χ1) is 8.38. The van der Waals surface area contributed by atoms with Crippen LogP contribution in [0.3, 0.4) is 0 Å². The lowest BCUT2D eigenvalue weighted by Gasteiger charge is -2.10. The molecule has 1 aromatic carbocycles. The minimum Gasteiger partial charge on any atom is -0.294 e. The summed E-state index contributed by atoms with van der Waals surface area (Å²) in [6.45, 7) is 0. The normalized spacial score (nSPS) is 15.8. The molecule has 0 saturated heterocycles. The fourth-order valence-electron chi connectivity index (χ4n) is 1.79. The van der Waals surface area contributed by atoms with Gasteiger partial charge < -0.3 is 0 Å². The zero-order chi connectivity index (χ0) is 13.3. The van der Waals surface area contributed by atoms with E-state index in [-0.39, 0.29) is 11.3 Å². The molecule has 1 aliphatic carbocycles. The standard InChI is InChI=1S/C13H12BrF3O/c14-11-5-4-9(13(15,16)17)7-10(11)12(18)6-3-8-1-2-8/h4-5,7-8H,1-3,6H2. The van der Waals surface area contributed by atoms with Crippen molar-refractivity contribution in [1.29, 1.82) is 0 Å². The highest BCUT2D eigenvalue weighted by Crippen LogP contribution is 2.35. The number of benzene rings is 1. The van der Waals surface area contributed by atoms with Crippen LogP contribution in [0, 0.1) is 5.92 Å².